The number of likely N-dealkylation sites (N-methyl/N-ethyl adjacent to an activating group) is 1. The van der Waals surface area contributed by atoms with Crippen molar-refractivity contribution in [2.24, 2.45) is 0 Å². The number of carbonyl (C=O) groups excluding carboxylic acids is 1. The molecule has 3 nitrogen and oxygen atoms in total. The highest BCUT2D eigenvalue weighted by Crippen LogP contribution is 2.07. The molecule has 0 aromatic heterocycles. The van der Waals surface area contributed by atoms with Crippen molar-refractivity contribution in [1.82, 2.24) is 5.06 Å². The minimum absolute atomic E-state index is 0.143. The molecule has 0 heterocycles. The van der Waals surface area contributed by atoms with Crippen LogP contribution in [0, 0.1) is 0 Å². The molecule has 0 aliphatic heterocycles. The standard InChI is InChI=1S/C13H17NO2/c1-11(10-13(15)14(2)16-3)9-12-7-5-4-6-8-12/h4-8,10H,9H2,1-3H3/b11-10+. The van der Waals surface area contributed by atoms with Gasteiger partial charge in [0.2, 0.25) is 0 Å². The van der Waals surface area contributed by atoms with Crippen LogP contribution in [0.15, 0.2) is 42.0 Å². The Labute approximate surface area is 96.3 Å². The third-order valence-electron chi connectivity index (χ3n) is 2.28. The summed E-state index contributed by atoms with van der Waals surface area (Å²) in [4.78, 5) is 16.3. The van der Waals surface area contributed by atoms with Crippen LogP contribution in [-0.4, -0.2) is 25.1 Å². The van der Waals surface area contributed by atoms with E-state index in [9.17, 15) is 4.79 Å². The van der Waals surface area contributed by atoms with E-state index in [0.717, 1.165) is 12.0 Å². The average Bonchev–Trinajstić information content (AvgIpc) is 2.29. The summed E-state index contributed by atoms with van der Waals surface area (Å²) in [6, 6.07) is 10.0. The topological polar surface area (TPSA) is 29.5 Å². The molecule has 0 atom stereocenters. The highest BCUT2D eigenvalue weighted by atomic mass is 16.7. The molecule has 86 valence electrons. The second-order valence-corrected chi connectivity index (χ2v) is 3.67. The Morgan fingerprint density at radius 1 is 1.38 bits per heavy atom. The van der Waals surface area contributed by atoms with E-state index in [0.29, 0.717) is 0 Å². The summed E-state index contributed by atoms with van der Waals surface area (Å²) in [6.07, 6.45) is 2.38. The Balaban J connectivity index is 2.62. The van der Waals surface area contributed by atoms with E-state index in [1.807, 2.05) is 37.3 Å². The van der Waals surface area contributed by atoms with Gasteiger partial charge in [0.1, 0.15) is 0 Å². The maximum atomic E-state index is 11.5. The second-order valence-electron chi connectivity index (χ2n) is 3.67. The minimum atomic E-state index is -0.143. The van der Waals surface area contributed by atoms with Crippen LogP contribution in [0.25, 0.3) is 0 Å². The third kappa shape index (κ3) is 3.87. The number of allylic oxidation sites excluding steroid dienone is 1. The number of hydrogen-bond acceptors (Lipinski definition) is 2. The van der Waals surface area contributed by atoms with E-state index in [1.54, 1.807) is 13.1 Å². The second kappa shape index (κ2) is 6.08. The third-order valence-corrected chi connectivity index (χ3v) is 2.28. The molecule has 0 bridgehead atoms. The minimum Gasteiger partial charge on any atom is -0.274 e. The summed E-state index contributed by atoms with van der Waals surface area (Å²) < 4.78 is 0. The van der Waals surface area contributed by atoms with Crippen molar-refractivity contribution in [1.29, 1.82) is 0 Å². The van der Waals surface area contributed by atoms with Gasteiger partial charge in [0.05, 0.1) is 7.11 Å². The van der Waals surface area contributed by atoms with Gasteiger partial charge < -0.3 is 0 Å². The van der Waals surface area contributed by atoms with Gasteiger partial charge >= 0.3 is 0 Å². The number of nitrogens with zero attached hydrogens (tertiary/aromatic N) is 1. The number of hydroxylamine groups is 2. The lowest BCUT2D eigenvalue weighted by atomic mass is 10.1. The van der Waals surface area contributed by atoms with Crippen molar-refractivity contribution in [3.05, 3.63) is 47.5 Å². The fourth-order valence-electron chi connectivity index (χ4n) is 1.36. The van der Waals surface area contributed by atoms with Crippen molar-refractivity contribution < 1.29 is 9.63 Å². The zero-order chi connectivity index (χ0) is 12.0. The van der Waals surface area contributed by atoms with Crippen LogP contribution in [0.2, 0.25) is 0 Å². The molecule has 0 saturated carbocycles. The van der Waals surface area contributed by atoms with Crippen LogP contribution >= 0.6 is 0 Å². The van der Waals surface area contributed by atoms with Crippen LogP contribution in [0.3, 0.4) is 0 Å². The molecule has 0 aliphatic rings. The highest BCUT2D eigenvalue weighted by molar-refractivity contribution is 5.87. The monoisotopic (exact) mass is 219 g/mol. The maximum absolute atomic E-state index is 11.5. The fraction of sp³-hybridized carbons (Fsp3) is 0.308. The molecule has 0 aliphatic carbocycles. The molecule has 0 saturated heterocycles. The molecule has 1 rings (SSSR count). The van der Waals surface area contributed by atoms with Gasteiger partial charge in [0.15, 0.2) is 0 Å². The average molecular weight is 219 g/mol. The van der Waals surface area contributed by atoms with Crippen LogP contribution < -0.4 is 0 Å². The summed E-state index contributed by atoms with van der Waals surface area (Å²) in [5.41, 5.74) is 2.21. The molecule has 1 amide bonds. The van der Waals surface area contributed by atoms with Crippen LogP contribution in [0.4, 0.5) is 0 Å². The van der Waals surface area contributed by atoms with Gasteiger partial charge in [-0.2, -0.15) is 0 Å². The zero-order valence-electron chi connectivity index (χ0n) is 9.93. The summed E-state index contributed by atoms with van der Waals surface area (Å²) >= 11 is 0. The summed E-state index contributed by atoms with van der Waals surface area (Å²) in [7, 11) is 3.06. The van der Waals surface area contributed by atoms with Crippen LogP contribution in [-0.2, 0) is 16.1 Å². The molecule has 0 unspecified atom stereocenters. The van der Waals surface area contributed by atoms with E-state index in [4.69, 9.17) is 4.84 Å². The Kier molecular flexibility index (Phi) is 4.73. The molecule has 1 aromatic carbocycles. The van der Waals surface area contributed by atoms with Crippen molar-refractivity contribution in [3.63, 3.8) is 0 Å². The number of carbonyl (C=O) groups is 1. The van der Waals surface area contributed by atoms with Gasteiger partial charge in [0, 0.05) is 13.1 Å². The first-order valence-electron chi connectivity index (χ1n) is 5.16. The lowest BCUT2D eigenvalue weighted by Crippen LogP contribution is -2.23. The number of amides is 1. The maximum Gasteiger partial charge on any atom is 0.269 e. The SMILES string of the molecule is CON(C)C(=O)/C=C(\C)Cc1ccccc1. The number of rotatable bonds is 4. The summed E-state index contributed by atoms with van der Waals surface area (Å²) in [6.45, 7) is 1.94. The van der Waals surface area contributed by atoms with E-state index in [1.165, 1.54) is 17.7 Å². The molecule has 0 N–H and O–H groups in total. The normalized spacial score (nSPS) is 11.3. The first-order valence-corrected chi connectivity index (χ1v) is 5.16. The number of hydrogen-bond donors (Lipinski definition) is 0. The first-order chi connectivity index (χ1) is 7.63. The van der Waals surface area contributed by atoms with Crippen molar-refractivity contribution >= 4 is 5.91 Å². The van der Waals surface area contributed by atoms with Gasteiger partial charge in [-0.1, -0.05) is 35.9 Å². The molecule has 3 heteroatoms. The lowest BCUT2D eigenvalue weighted by molar-refractivity contribution is -0.162. The predicted octanol–water partition coefficient (Wildman–Crippen LogP) is 2.20. The van der Waals surface area contributed by atoms with Crippen molar-refractivity contribution in [3.8, 4) is 0 Å². The molecule has 0 radical (unpaired) electrons. The number of benzene rings is 1. The Morgan fingerprint density at radius 2 is 2.00 bits per heavy atom. The largest absolute Gasteiger partial charge is 0.274 e. The van der Waals surface area contributed by atoms with Crippen molar-refractivity contribution in [2.45, 2.75) is 13.3 Å². The molecule has 16 heavy (non-hydrogen) atoms. The summed E-state index contributed by atoms with van der Waals surface area (Å²) in [5.74, 6) is -0.143. The first kappa shape index (κ1) is 12.5. The van der Waals surface area contributed by atoms with Crippen LogP contribution in [0.1, 0.15) is 12.5 Å². The van der Waals surface area contributed by atoms with Gasteiger partial charge in [-0.15, -0.1) is 0 Å². The molecule has 0 spiro atoms. The Bertz CT molecular complexity index is 371. The predicted molar refractivity (Wildman–Crippen MR) is 63.7 cm³/mol. The Hall–Kier alpha value is -1.61. The van der Waals surface area contributed by atoms with Gasteiger partial charge in [-0.25, -0.2) is 5.06 Å². The van der Waals surface area contributed by atoms with E-state index < -0.39 is 0 Å². The molecular weight excluding hydrogens is 202 g/mol. The molecule has 0 fully saturated rings. The van der Waals surface area contributed by atoms with Gasteiger partial charge in [0.25, 0.3) is 5.91 Å². The zero-order valence-corrected chi connectivity index (χ0v) is 9.93. The van der Waals surface area contributed by atoms with E-state index >= 15 is 0 Å². The van der Waals surface area contributed by atoms with Gasteiger partial charge in [-0.05, 0) is 18.9 Å². The van der Waals surface area contributed by atoms with Crippen LogP contribution in [0.5, 0.6) is 0 Å². The Morgan fingerprint density at radius 3 is 2.56 bits per heavy atom. The quantitative estimate of drug-likeness (QED) is 0.574. The lowest BCUT2D eigenvalue weighted by Gasteiger charge is -2.11. The van der Waals surface area contributed by atoms with E-state index in [-0.39, 0.29) is 5.91 Å². The smallest absolute Gasteiger partial charge is 0.269 e. The van der Waals surface area contributed by atoms with Crippen molar-refractivity contribution in [2.75, 3.05) is 14.2 Å². The van der Waals surface area contributed by atoms with E-state index in [2.05, 4.69) is 0 Å². The van der Waals surface area contributed by atoms with Gasteiger partial charge in [-0.3, -0.25) is 9.63 Å². The molecular formula is C13H17NO2. The molecule has 1 aromatic rings. The highest BCUT2D eigenvalue weighted by Gasteiger charge is 2.04. The fourth-order valence-corrected chi connectivity index (χ4v) is 1.36. The summed E-state index contributed by atoms with van der Waals surface area (Å²) in [5, 5.41) is 1.20.